The summed E-state index contributed by atoms with van der Waals surface area (Å²) in [5, 5.41) is 10.1. The van der Waals surface area contributed by atoms with Gasteiger partial charge < -0.3 is 23.9 Å². The fourth-order valence-corrected chi connectivity index (χ4v) is 3.74. The molecule has 1 unspecified atom stereocenters. The zero-order valence-electron chi connectivity index (χ0n) is 21.1. The Labute approximate surface area is 195 Å². The largest absolute Gasteiger partial charge is 0.495 e. The molecule has 184 valence electrons. The summed E-state index contributed by atoms with van der Waals surface area (Å²) in [5.74, 6) is -1.86. The minimum atomic E-state index is -1.24. The molecule has 1 fully saturated rings. The number of rotatable bonds is 8. The van der Waals surface area contributed by atoms with E-state index in [1.165, 1.54) is 17.7 Å². The highest BCUT2D eigenvalue weighted by Crippen LogP contribution is 2.37. The van der Waals surface area contributed by atoms with Crippen LogP contribution in [0.1, 0.15) is 83.9 Å². The second kappa shape index (κ2) is 9.60. The van der Waals surface area contributed by atoms with Crippen LogP contribution in [0.4, 0.5) is 0 Å². The van der Waals surface area contributed by atoms with Crippen LogP contribution in [-0.4, -0.2) is 59.3 Å². The standard InChI is InChI=1S/C23H36BNO8/c1-10-15-18(19(27)28)14(24-32-22(5,6)23(7,8)33-24)13-17(26)25(15)16(11-12-30-9)20(29)31-21(2,3)4/h13,16H,10-12H2,1-9H3,(H,27,28). The smallest absolute Gasteiger partial charge is 0.478 e. The van der Waals surface area contributed by atoms with Gasteiger partial charge in [-0.05, 0) is 54.9 Å². The third-order valence-corrected chi connectivity index (χ3v) is 6.03. The Morgan fingerprint density at radius 1 is 1.18 bits per heavy atom. The van der Waals surface area contributed by atoms with Crippen molar-refractivity contribution in [3.05, 3.63) is 27.7 Å². The predicted molar refractivity (Wildman–Crippen MR) is 124 cm³/mol. The molecule has 0 saturated carbocycles. The number of aromatic nitrogens is 1. The normalized spacial score (nSPS) is 18.3. The lowest BCUT2D eigenvalue weighted by atomic mass is 9.75. The number of pyridine rings is 1. The summed E-state index contributed by atoms with van der Waals surface area (Å²) in [7, 11) is 0.451. The minimum Gasteiger partial charge on any atom is -0.478 e. The number of carbonyl (C=O) groups is 2. The van der Waals surface area contributed by atoms with Gasteiger partial charge in [0.25, 0.3) is 5.56 Å². The van der Waals surface area contributed by atoms with Crippen molar-refractivity contribution >= 4 is 24.5 Å². The molecule has 2 rings (SSSR count). The van der Waals surface area contributed by atoms with Crippen LogP contribution < -0.4 is 11.0 Å². The molecule has 10 heteroatoms. The van der Waals surface area contributed by atoms with Gasteiger partial charge >= 0.3 is 19.1 Å². The molecule has 9 nitrogen and oxygen atoms in total. The number of carbonyl (C=O) groups excluding carboxylic acids is 1. The van der Waals surface area contributed by atoms with Gasteiger partial charge in [-0.1, -0.05) is 6.92 Å². The van der Waals surface area contributed by atoms with Crippen LogP contribution in [0.5, 0.6) is 0 Å². The molecule has 1 aliphatic rings. The second-order valence-corrected chi connectivity index (χ2v) is 10.2. The molecule has 0 radical (unpaired) electrons. The summed E-state index contributed by atoms with van der Waals surface area (Å²) < 4.78 is 23.9. The van der Waals surface area contributed by atoms with Gasteiger partial charge in [-0.2, -0.15) is 0 Å². The number of carboxylic acids is 1. The van der Waals surface area contributed by atoms with Gasteiger partial charge in [0.2, 0.25) is 0 Å². The van der Waals surface area contributed by atoms with Gasteiger partial charge in [-0.15, -0.1) is 0 Å². The number of hydrogen-bond donors (Lipinski definition) is 1. The van der Waals surface area contributed by atoms with Crippen LogP contribution in [-0.2, 0) is 30.0 Å². The highest BCUT2D eigenvalue weighted by atomic mass is 16.7. The van der Waals surface area contributed by atoms with Crippen LogP contribution >= 0.6 is 0 Å². The van der Waals surface area contributed by atoms with Crippen molar-refractivity contribution in [2.24, 2.45) is 0 Å². The molecule has 1 aliphatic heterocycles. The lowest BCUT2D eigenvalue weighted by Gasteiger charge is -2.32. The highest BCUT2D eigenvalue weighted by molar-refractivity contribution is 6.63. The third kappa shape index (κ3) is 5.67. The van der Waals surface area contributed by atoms with Crippen LogP contribution in [0.15, 0.2) is 10.9 Å². The Bertz CT molecular complexity index is 944. The van der Waals surface area contributed by atoms with Crippen molar-refractivity contribution in [2.45, 2.75) is 91.1 Å². The molecule has 0 bridgehead atoms. The molecule has 0 spiro atoms. The maximum Gasteiger partial charge on any atom is 0.495 e. The molecule has 33 heavy (non-hydrogen) atoms. The molecule has 1 N–H and O–H groups in total. The van der Waals surface area contributed by atoms with Crippen molar-refractivity contribution in [1.82, 2.24) is 4.57 Å². The Balaban J connectivity index is 2.72. The first-order valence-electron chi connectivity index (χ1n) is 11.1. The average Bonchev–Trinajstić information content (AvgIpc) is 2.87. The first-order chi connectivity index (χ1) is 15.1. The Morgan fingerprint density at radius 3 is 2.15 bits per heavy atom. The summed E-state index contributed by atoms with van der Waals surface area (Å²) in [6.45, 7) is 14.5. The number of esters is 1. The van der Waals surface area contributed by atoms with E-state index in [1.807, 2.05) is 27.7 Å². The highest BCUT2D eigenvalue weighted by Gasteiger charge is 2.53. The van der Waals surface area contributed by atoms with Gasteiger partial charge in [-0.3, -0.25) is 9.36 Å². The molecule has 1 aromatic rings. The SMILES string of the molecule is CCc1c(C(=O)O)c(B2OC(C)(C)C(C)(C)O2)cc(=O)n1C(CCOC)C(=O)OC(C)(C)C. The molecule has 1 saturated heterocycles. The van der Waals surface area contributed by atoms with E-state index in [-0.39, 0.29) is 36.2 Å². The molecule has 0 aromatic carbocycles. The maximum atomic E-state index is 13.4. The monoisotopic (exact) mass is 465 g/mol. The van der Waals surface area contributed by atoms with E-state index in [2.05, 4.69) is 0 Å². The third-order valence-electron chi connectivity index (χ3n) is 6.03. The van der Waals surface area contributed by atoms with Crippen LogP contribution in [0, 0.1) is 0 Å². The van der Waals surface area contributed by atoms with E-state index in [1.54, 1.807) is 27.7 Å². The van der Waals surface area contributed by atoms with E-state index in [4.69, 9.17) is 18.8 Å². The molecule has 0 amide bonds. The van der Waals surface area contributed by atoms with E-state index in [0.29, 0.717) is 0 Å². The number of hydrogen-bond acceptors (Lipinski definition) is 7. The molecule has 2 heterocycles. The quantitative estimate of drug-likeness (QED) is 0.460. The van der Waals surface area contributed by atoms with E-state index in [0.717, 1.165) is 0 Å². The van der Waals surface area contributed by atoms with Crippen molar-refractivity contribution in [1.29, 1.82) is 0 Å². The number of nitrogens with zero attached hydrogens (tertiary/aromatic N) is 1. The van der Waals surface area contributed by atoms with E-state index in [9.17, 15) is 19.5 Å². The molecular weight excluding hydrogens is 429 g/mol. The zero-order valence-corrected chi connectivity index (χ0v) is 21.1. The van der Waals surface area contributed by atoms with E-state index < -0.39 is 47.5 Å². The van der Waals surface area contributed by atoms with Crippen molar-refractivity contribution in [3.8, 4) is 0 Å². The number of ether oxygens (including phenoxy) is 2. The summed E-state index contributed by atoms with van der Waals surface area (Å²) in [4.78, 5) is 38.8. The second-order valence-electron chi connectivity index (χ2n) is 10.2. The van der Waals surface area contributed by atoms with Gasteiger partial charge in [0.1, 0.15) is 11.6 Å². The number of carboxylic acid groups (broad SMARTS) is 1. The molecule has 0 aliphatic carbocycles. The van der Waals surface area contributed by atoms with Crippen LogP contribution in [0.25, 0.3) is 0 Å². The lowest BCUT2D eigenvalue weighted by Crippen LogP contribution is -2.46. The van der Waals surface area contributed by atoms with Gasteiger partial charge in [0.15, 0.2) is 0 Å². The van der Waals surface area contributed by atoms with Crippen LogP contribution in [0.3, 0.4) is 0 Å². The Kier molecular flexibility index (Phi) is 7.88. The lowest BCUT2D eigenvalue weighted by molar-refractivity contribution is -0.159. The molecule has 1 atom stereocenters. The summed E-state index contributed by atoms with van der Waals surface area (Å²) >= 11 is 0. The van der Waals surface area contributed by atoms with Gasteiger partial charge in [0, 0.05) is 37.4 Å². The zero-order chi connectivity index (χ0) is 25.4. The summed E-state index contributed by atoms with van der Waals surface area (Å²) in [5.41, 5.74) is -2.52. The first-order valence-corrected chi connectivity index (χ1v) is 11.1. The Hall–Kier alpha value is -2.17. The van der Waals surface area contributed by atoms with E-state index >= 15 is 0 Å². The fraction of sp³-hybridized carbons (Fsp3) is 0.696. The van der Waals surface area contributed by atoms with Crippen molar-refractivity contribution < 1.29 is 33.5 Å². The summed E-state index contributed by atoms with van der Waals surface area (Å²) in [6.07, 6.45) is 0.337. The summed E-state index contributed by atoms with van der Waals surface area (Å²) in [6, 6.07) is 0.145. The molecular formula is C23H36BNO8. The van der Waals surface area contributed by atoms with Crippen molar-refractivity contribution in [3.63, 3.8) is 0 Å². The van der Waals surface area contributed by atoms with Crippen molar-refractivity contribution in [2.75, 3.05) is 13.7 Å². The number of aromatic carboxylic acids is 1. The number of methoxy groups -OCH3 is 1. The topological polar surface area (TPSA) is 113 Å². The first kappa shape index (κ1) is 27.1. The van der Waals surface area contributed by atoms with Gasteiger partial charge in [-0.25, -0.2) is 9.59 Å². The Morgan fingerprint density at radius 2 is 1.73 bits per heavy atom. The van der Waals surface area contributed by atoms with Gasteiger partial charge in [0.05, 0.1) is 16.8 Å². The fourth-order valence-electron chi connectivity index (χ4n) is 3.74. The van der Waals surface area contributed by atoms with Crippen LogP contribution in [0.2, 0.25) is 0 Å². The predicted octanol–water partition coefficient (Wildman–Crippen LogP) is 2.33. The molecule has 1 aromatic heterocycles. The average molecular weight is 465 g/mol. The maximum absolute atomic E-state index is 13.4. The minimum absolute atomic E-state index is 0.110.